The number of aromatic nitrogens is 3. The van der Waals surface area contributed by atoms with Gasteiger partial charge >= 0.3 is 0 Å². The van der Waals surface area contributed by atoms with E-state index in [9.17, 15) is 13.5 Å². The molecule has 1 aliphatic rings. The van der Waals surface area contributed by atoms with E-state index < -0.39 is 16.3 Å². The molecule has 3 rings (SSSR count). The largest absolute Gasteiger partial charge is 0.391 e. The van der Waals surface area contributed by atoms with E-state index >= 15 is 0 Å². The maximum absolute atomic E-state index is 12.3. The third-order valence-corrected chi connectivity index (χ3v) is 7.12. The lowest BCUT2D eigenvalue weighted by atomic mass is 10.1. The quantitative estimate of drug-likeness (QED) is 0.439. The first-order valence-electron chi connectivity index (χ1n) is 10.6. The van der Waals surface area contributed by atoms with E-state index in [0.717, 1.165) is 29.9 Å². The molecule has 2 aromatic heterocycles. The maximum Gasteiger partial charge on any atom is 0.279 e. The highest BCUT2D eigenvalue weighted by Gasteiger charge is 2.31. The lowest BCUT2D eigenvalue weighted by molar-refractivity contribution is 0.169. The first-order chi connectivity index (χ1) is 14.3. The first kappa shape index (κ1) is 22.7. The van der Waals surface area contributed by atoms with Gasteiger partial charge in [-0.05, 0) is 26.2 Å². The average molecular weight is 440 g/mol. The van der Waals surface area contributed by atoms with E-state index in [1.807, 2.05) is 13.0 Å². The van der Waals surface area contributed by atoms with Gasteiger partial charge in [-0.15, -0.1) is 0 Å². The van der Waals surface area contributed by atoms with Crippen molar-refractivity contribution in [1.82, 2.24) is 23.6 Å². The number of hydrogen-bond donors (Lipinski definition) is 4. The zero-order chi connectivity index (χ0) is 21.9. The molecule has 1 fully saturated rings. The molecule has 0 unspecified atom stereocenters. The van der Waals surface area contributed by atoms with Crippen LogP contribution in [0.2, 0.25) is 0 Å². The van der Waals surface area contributed by atoms with E-state index in [-0.39, 0.29) is 12.1 Å². The maximum atomic E-state index is 12.3. The minimum Gasteiger partial charge on any atom is -0.391 e. The van der Waals surface area contributed by atoms with Gasteiger partial charge < -0.3 is 15.7 Å². The summed E-state index contributed by atoms with van der Waals surface area (Å²) in [5, 5.41) is 21.2. The van der Waals surface area contributed by atoms with Crippen molar-refractivity contribution in [3.63, 3.8) is 0 Å². The third-order valence-electron chi connectivity index (χ3n) is 5.45. The molecule has 3 atom stereocenters. The van der Waals surface area contributed by atoms with Crippen molar-refractivity contribution in [2.45, 2.75) is 65.1 Å². The molecular formula is C19H33N7O3S. The summed E-state index contributed by atoms with van der Waals surface area (Å²) in [5.41, 5.74) is 1.77. The predicted molar refractivity (Wildman–Crippen MR) is 118 cm³/mol. The number of aliphatic hydroxyl groups excluding tert-OH is 1. The van der Waals surface area contributed by atoms with Crippen LogP contribution in [0.4, 0.5) is 11.6 Å². The fraction of sp³-hybridized carbons (Fsp3) is 0.684. The summed E-state index contributed by atoms with van der Waals surface area (Å²) in [6, 6.07) is 1.71. The number of aliphatic hydroxyl groups is 1. The fourth-order valence-electron chi connectivity index (χ4n) is 3.74. The van der Waals surface area contributed by atoms with Gasteiger partial charge in [0, 0.05) is 37.3 Å². The van der Waals surface area contributed by atoms with Crippen molar-refractivity contribution in [1.29, 1.82) is 0 Å². The molecule has 0 aliphatic carbocycles. The van der Waals surface area contributed by atoms with Crippen LogP contribution >= 0.6 is 0 Å². The molecule has 11 heteroatoms. The number of nitrogens with zero attached hydrogens (tertiary/aromatic N) is 4. The standard InChI is InChI=1S/C19H33N7O3S/c1-5-14-11-20-26-18(10-17(24-19(14)26)23-16(6-2)13(4)27)22-15-8-9-25(12-15)30(28,29)21-7-3/h10-11,13,15-16,21-22,27H,5-9,12H2,1-4H3,(H,23,24)/t13-,15+,16+/m1/s1. The van der Waals surface area contributed by atoms with Crippen LogP contribution in [-0.4, -0.2) is 70.2 Å². The second-order valence-corrected chi connectivity index (χ2v) is 9.43. The van der Waals surface area contributed by atoms with Crippen molar-refractivity contribution in [2.24, 2.45) is 0 Å². The number of hydrogen-bond acceptors (Lipinski definition) is 7. The Kier molecular flexibility index (Phi) is 7.17. The molecule has 30 heavy (non-hydrogen) atoms. The summed E-state index contributed by atoms with van der Waals surface area (Å²) in [5.74, 6) is 1.40. The third kappa shape index (κ3) is 4.85. The molecule has 3 heterocycles. The van der Waals surface area contributed by atoms with E-state index in [2.05, 4.69) is 27.4 Å². The zero-order valence-electron chi connectivity index (χ0n) is 18.1. The highest BCUT2D eigenvalue weighted by Crippen LogP contribution is 2.23. The molecule has 1 aliphatic heterocycles. The van der Waals surface area contributed by atoms with Gasteiger partial charge in [0.15, 0.2) is 5.65 Å². The molecule has 10 nitrogen and oxygen atoms in total. The van der Waals surface area contributed by atoms with E-state index in [1.165, 1.54) is 4.31 Å². The van der Waals surface area contributed by atoms with Crippen LogP contribution in [0.15, 0.2) is 12.3 Å². The molecule has 2 aromatic rings. The van der Waals surface area contributed by atoms with Gasteiger partial charge in [-0.2, -0.15) is 22.3 Å². The van der Waals surface area contributed by atoms with Gasteiger partial charge in [-0.1, -0.05) is 20.8 Å². The molecule has 0 aromatic carbocycles. The van der Waals surface area contributed by atoms with Crippen LogP contribution < -0.4 is 15.4 Å². The number of anilines is 2. The van der Waals surface area contributed by atoms with Gasteiger partial charge in [0.2, 0.25) is 0 Å². The Hall–Kier alpha value is -1.95. The Bertz CT molecular complexity index is 960. The van der Waals surface area contributed by atoms with Gasteiger partial charge in [-0.25, -0.2) is 9.71 Å². The summed E-state index contributed by atoms with van der Waals surface area (Å²) in [6.45, 7) is 8.80. The lowest BCUT2D eigenvalue weighted by Crippen LogP contribution is -2.40. The number of nitrogens with one attached hydrogen (secondary N) is 3. The van der Waals surface area contributed by atoms with Gasteiger partial charge in [0.25, 0.3) is 10.2 Å². The van der Waals surface area contributed by atoms with E-state index in [1.54, 1.807) is 24.6 Å². The molecule has 168 valence electrons. The zero-order valence-corrected chi connectivity index (χ0v) is 18.9. The number of fused-ring (bicyclic) bond motifs is 1. The number of aryl methyl sites for hydroxylation is 1. The monoisotopic (exact) mass is 439 g/mol. The van der Waals surface area contributed by atoms with E-state index in [0.29, 0.717) is 31.9 Å². The van der Waals surface area contributed by atoms with Crippen molar-refractivity contribution < 1.29 is 13.5 Å². The first-order valence-corrected chi connectivity index (χ1v) is 12.1. The van der Waals surface area contributed by atoms with Gasteiger partial charge in [0.1, 0.15) is 11.6 Å². The molecule has 0 bridgehead atoms. The highest BCUT2D eigenvalue weighted by atomic mass is 32.2. The van der Waals surface area contributed by atoms with Crippen molar-refractivity contribution >= 4 is 27.5 Å². The SMILES string of the molecule is CCNS(=O)(=O)N1CC[C@H](Nc2cc(N[C@@H](CC)[C@@H](C)O)nc3c(CC)cnn23)C1. The van der Waals surface area contributed by atoms with Crippen molar-refractivity contribution in [3.8, 4) is 0 Å². The lowest BCUT2D eigenvalue weighted by Gasteiger charge is -2.22. The Morgan fingerprint density at radius 1 is 1.33 bits per heavy atom. The minimum atomic E-state index is -3.45. The van der Waals surface area contributed by atoms with Gasteiger partial charge in [0.05, 0.1) is 18.3 Å². The fourth-order valence-corrected chi connectivity index (χ4v) is 5.00. The second-order valence-electron chi connectivity index (χ2n) is 7.68. The summed E-state index contributed by atoms with van der Waals surface area (Å²) in [6.07, 6.45) is 3.54. The molecule has 4 N–H and O–H groups in total. The molecule has 1 saturated heterocycles. The van der Waals surface area contributed by atoms with E-state index in [4.69, 9.17) is 4.98 Å². The normalized spacial score (nSPS) is 19.8. The molecule has 0 spiro atoms. The van der Waals surface area contributed by atoms with Crippen LogP contribution in [0, 0.1) is 0 Å². The smallest absolute Gasteiger partial charge is 0.279 e. The Morgan fingerprint density at radius 2 is 2.10 bits per heavy atom. The molecule has 0 amide bonds. The summed E-state index contributed by atoms with van der Waals surface area (Å²) in [4.78, 5) is 4.71. The van der Waals surface area contributed by atoms with Crippen molar-refractivity contribution in [2.75, 3.05) is 30.3 Å². The molecule has 0 radical (unpaired) electrons. The number of rotatable bonds is 10. The Labute approximate surface area is 178 Å². The molecule has 0 saturated carbocycles. The van der Waals surface area contributed by atoms with Crippen LogP contribution in [-0.2, 0) is 16.6 Å². The van der Waals surface area contributed by atoms with Crippen LogP contribution in [0.25, 0.3) is 5.65 Å². The second kappa shape index (κ2) is 9.46. The summed E-state index contributed by atoms with van der Waals surface area (Å²) >= 11 is 0. The average Bonchev–Trinajstić information content (AvgIpc) is 3.33. The predicted octanol–water partition coefficient (Wildman–Crippen LogP) is 1.20. The van der Waals surface area contributed by atoms with Crippen LogP contribution in [0.5, 0.6) is 0 Å². The molecular weight excluding hydrogens is 406 g/mol. The van der Waals surface area contributed by atoms with Gasteiger partial charge in [-0.3, -0.25) is 0 Å². The van der Waals surface area contributed by atoms with Crippen LogP contribution in [0.1, 0.15) is 46.1 Å². The summed E-state index contributed by atoms with van der Waals surface area (Å²) < 4.78 is 30.3. The van der Waals surface area contributed by atoms with Crippen molar-refractivity contribution in [3.05, 3.63) is 17.8 Å². The Morgan fingerprint density at radius 3 is 2.73 bits per heavy atom. The highest BCUT2D eigenvalue weighted by molar-refractivity contribution is 7.87. The van der Waals surface area contributed by atoms with Crippen LogP contribution in [0.3, 0.4) is 0 Å². The topological polar surface area (TPSA) is 124 Å². The summed E-state index contributed by atoms with van der Waals surface area (Å²) in [7, 11) is -3.45. The minimum absolute atomic E-state index is 0.0371. The Balaban J connectivity index is 1.87.